The number of hydrogen-bond donors (Lipinski definition) is 2. The van der Waals surface area contributed by atoms with Crippen LogP contribution in [0.4, 0.5) is 5.69 Å². The van der Waals surface area contributed by atoms with Crippen LogP contribution in [0, 0.1) is 6.92 Å². The van der Waals surface area contributed by atoms with Gasteiger partial charge in [0.05, 0.1) is 30.2 Å². The molecule has 0 aliphatic rings. The third kappa shape index (κ3) is 3.97. The summed E-state index contributed by atoms with van der Waals surface area (Å²) < 4.78 is 2.97. The summed E-state index contributed by atoms with van der Waals surface area (Å²) in [4.78, 5) is 23.2. The molecule has 1 amide bonds. The third-order valence-corrected chi connectivity index (χ3v) is 3.97. The van der Waals surface area contributed by atoms with E-state index in [9.17, 15) is 9.59 Å². The number of aromatic nitrogens is 4. The molecule has 8 heteroatoms. The lowest BCUT2D eigenvalue weighted by molar-refractivity contribution is -0.140. The molecule has 0 fully saturated rings. The minimum absolute atomic E-state index is 0.282. The fourth-order valence-electron chi connectivity index (χ4n) is 2.38. The van der Waals surface area contributed by atoms with E-state index in [-0.39, 0.29) is 11.5 Å². The molecule has 0 saturated carbocycles. The summed E-state index contributed by atoms with van der Waals surface area (Å²) in [6, 6.07) is 7.31. The van der Waals surface area contributed by atoms with Gasteiger partial charge in [-0.2, -0.15) is 10.2 Å². The van der Waals surface area contributed by atoms with E-state index in [4.69, 9.17) is 5.11 Å². The molecular weight excluding hydrogens is 334 g/mol. The molecule has 134 valence electrons. The third-order valence-electron chi connectivity index (χ3n) is 3.97. The number of hydrogen-bond acceptors (Lipinski definition) is 4. The Kier molecular flexibility index (Phi) is 4.83. The van der Waals surface area contributed by atoms with Crippen LogP contribution in [0.15, 0.2) is 49.1 Å². The number of benzene rings is 1. The van der Waals surface area contributed by atoms with Crippen molar-refractivity contribution in [2.75, 3.05) is 5.32 Å². The summed E-state index contributed by atoms with van der Waals surface area (Å²) in [6.45, 7) is 4.13. The van der Waals surface area contributed by atoms with Gasteiger partial charge in [-0.3, -0.25) is 14.2 Å². The Bertz CT molecular complexity index is 926. The molecule has 2 aromatic heterocycles. The van der Waals surface area contributed by atoms with Crippen molar-refractivity contribution in [3.8, 4) is 0 Å². The number of aryl methyl sites for hydroxylation is 1. The van der Waals surface area contributed by atoms with Gasteiger partial charge in [0.15, 0.2) is 0 Å². The van der Waals surface area contributed by atoms with Gasteiger partial charge in [-0.15, -0.1) is 0 Å². The second-order valence-corrected chi connectivity index (χ2v) is 6.09. The molecule has 1 atom stereocenters. The van der Waals surface area contributed by atoms with E-state index < -0.39 is 12.0 Å². The van der Waals surface area contributed by atoms with Gasteiger partial charge in [0.25, 0.3) is 5.91 Å². The Labute approximate surface area is 150 Å². The van der Waals surface area contributed by atoms with Crippen LogP contribution in [0.5, 0.6) is 0 Å². The monoisotopic (exact) mass is 353 g/mol. The van der Waals surface area contributed by atoms with E-state index in [0.717, 1.165) is 5.56 Å². The fraction of sp³-hybridized carbons (Fsp3) is 0.222. The van der Waals surface area contributed by atoms with E-state index in [0.29, 0.717) is 12.2 Å². The number of carboxylic acid groups (broad SMARTS) is 1. The second kappa shape index (κ2) is 7.22. The standard InChI is InChI=1S/C18H19N5O3/c1-12-3-5-14(6-4-12)9-22-11-16(8-19-22)21-17(24)15-7-20-23(10-15)13(2)18(25)26/h3-8,10-11,13H,9H2,1-2H3,(H,21,24)(H,25,26). The van der Waals surface area contributed by atoms with Crippen molar-refractivity contribution in [3.63, 3.8) is 0 Å². The maximum Gasteiger partial charge on any atom is 0.328 e. The van der Waals surface area contributed by atoms with Crippen molar-refractivity contribution in [3.05, 3.63) is 65.7 Å². The van der Waals surface area contributed by atoms with Gasteiger partial charge in [0, 0.05) is 12.4 Å². The minimum atomic E-state index is -1.02. The molecule has 3 aromatic rings. The predicted octanol–water partition coefficient (Wildman–Crippen LogP) is 2.33. The highest BCUT2D eigenvalue weighted by molar-refractivity contribution is 6.03. The van der Waals surface area contributed by atoms with Gasteiger partial charge >= 0.3 is 5.97 Å². The molecule has 0 bridgehead atoms. The number of anilines is 1. The lowest BCUT2D eigenvalue weighted by atomic mass is 10.1. The van der Waals surface area contributed by atoms with E-state index in [2.05, 4.69) is 15.5 Å². The fourth-order valence-corrected chi connectivity index (χ4v) is 2.38. The van der Waals surface area contributed by atoms with E-state index in [1.165, 1.54) is 29.6 Å². The first kappa shape index (κ1) is 17.4. The Hall–Kier alpha value is -3.42. The van der Waals surface area contributed by atoms with E-state index in [1.807, 2.05) is 31.2 Å². The number of nitrogens with one attached hydrogen (secondary N) is 1. The molecule has 26 heavy (non-hydrogen) atoms. The average molecular weight is 353 g/mol. The molecule has 1 unspecified atom stereocenters. The number of aliphatic carboxylic acids is 1. The van der Waals surface area contributed by atoms with Crippen LogP contribution < -0.4 is 5.32 Å². The van der Waals surface area contributed by atoms with Crippen LogP contribution in [-0.4, -0.2) is 36.5 Å². The maximum atomic E-state index is 12.3. The topological polar surface area (TPSA) is 102 Å². The minimum Gasteiger partial charge on any atom is -0.480 e. The van der Waals surface area contributed by atoms with Crippen molar-refractivity contribution in [2.24, 2.45) is 0 Å². The zero-order valence-electron chi connectivity index (χ0n) is 14.5. The van der Waals surface area contributed by atoms with Crippen molar-refractivity contribution in [2.45, 2.75) is 26.4 Å². The number of carbonyl (C=O) groups is 2. The van der Waals surface area contributed by atoms with Crippen LogP contribution in [0.1, 0.15) is 34.5 Å². The second-order valence-electron chi connectivity index (χ2n) is 6.09. The van der Waals surface area contributed by atoms with Crippen LogP contribution in [-0.2, 0) is 11.3 Å². The van der Waals surface area contributed by atoms with Gasteiger partial charge in [-0.25, -0.2) is 4.79 Å². The Morgan fingerprint density at radius 3 is 2.58 bits per heavy atom. The first-order chi connectivity index (χ1) is 12.4. The molecule has 3 rings (SSSR count). The number of nitrogens with zero attached hydrogens (tertiary/aromatic N) is 4. The van der Waals surface area contributed by atoms with Crippen LogP contribution in [0.25, 0.3) is 0 Å². The molecule has 0 aliphatic heterocycles. The highest BCUT2D eigenvalue weighted by Gasteiger charge is 2.17. The largest absolute Gasteiger partial charge is 0.480 e. The van der Waals surface area contributed by atoms with Crippen LogP contribution >= 0.6 is 0 Å². The summed E-state index contributed by atoms with van der Waals surface area (Å²) in [5.74, 6) is -1.39. The molecule has 8 nitrogen and oxygen atoms in total. The van der Waals surface area contributed by atoms with Gasteiger partial charge in [0.2, 0.25) is 0 Å². The first-order valence-corrected chi connectivity index (χ1v) is 8.08. The summed E-state index contributed by atoms with van der Waals surface area (Å²) in [7, 11) is 0. The van der Waals surface area contributed by atoms with Gasteiger partial charge < -0.3 is 10.4 Å². The maximum absolute atomic E-state index is 12.3. The molecule has 0 aliphatic carbocycles. The highest BCUT2D eigenvalue weighted by atomic mass is 16.4. The summed E-state index contributed by atoms with van der Waals surface area (Å²) in [5, 5.41) is 19.9. The van der Waals surface area contributed by atoms with Gasteiger partial charge in [-0.1, -0.05) is 29.8 Å². The molecule has 2 heterocycles. The van der Waals surface area contributed by atoms with Crippen molar-refractivity contribution in [1.82, 2.24) is 19.6 Å². The Balaban J connectivity index is 1.64. The normalized spacial score (nSPS) is 11.9. The predicted molar refractivity (Wildman–Crippen MR) is 95.0 cm³/mol. The SMILES string of the molecule is Cc1ccc(Cn2cc(NC(=O)c3cnn(C(C)C(=O)O)c3)cn2)cc1. The summed E-state index contributed by atoms with van der Waals surface area (Å²) in [5.41, 5.74) is 3.14. The summed E-state index contributed by atoms with van der Waals surface area (Å²) in [6.07, 6.45) is 6.05. The quantitative estimate of drug-likeness (QED) is 0.708. The first-order valence-electron chi connectivity index (χ1n) is 8.08. The Morgan fingerprint density at radius 2 is 1.88 bits per heavy atom. The zero-order valence-corrected chi connectivity index (χ0v) is 14.5. The molecule has 0 saturated heterocycles. The summed E-state index contributed by atoms with van der Waals surface area (Å²) >= 11 is 0. The van der Waals surface area contributed by atoms with Gasteiger partial charge in [0.1, 0.15) is 6.04 Å². The number of rotatable bonds is 6. The van der Waals surface area contributed by atoms with Crippen molar-refractivity contribution < 1.29 is 14.7 Å². The lowest BCUT2D eigenvalue weighted by Crippen LogP contribution is -2.16. The molecule has 1 aromatic carbocycles. The average Bonchev–Trinajstić information content (AvgIpc) is 3.26. The number of amides is 1. The van der Waals surface area contributed by atoms with E-state index >= 15 is 0 Å². The van der Waals surface area contributed by atoms with Crippen LogP contribution in [0.3, 0.4) is 0 Å². The smallest absolute Gasteiger partial charge is 0.328 e. The number of carboxylic acids is 1. The lowest BCUT2D eigenvalue weighted by Gasteiger charge is -2.05. The van der Waals surface area contributed by atoms with Gasteiger partial charge in [-0.05, 0) is 19.4 Å². The molecular formula is C18H19N5O3. The van der Waals surface area contributed by atoms with Crippen molar-refractivity contribution >= 4 is 17.6 Å². The Morgan fingerprint density at radius 1 is 1.15 bits per heavy atom. The molecule has 0 spiro atoms. The zero-order chi connectivity index (χ0) is 18.7. The van der Waals surface area contributed by atoms with Crippen molar-refractivity contribution in [1.29, 1.82) is 0 Å². The van der Waals surface area contributed by atoms with Crippen LogP contribution in [0.2, 0.25) is 0 Å². The molecule has 2 N–H and O–H groups in total. The highest BCUT2D eigenvalue weighted by Crippen LogP contribution is 2.12. The number of carbonyl (C=O) groups excluding carboxylic acids is 1. The molecule has 0 radical (unpaired) electrons. The van der Waals surface area contributed by atoms with E-state index in [1.54, 1.807) is 17.1 Å².